The number of anilines is 1. The number of aliphatic hydroxyl groups is 1. The fourth-order valence-electron chi connectivity index (χ4n) is 4.10. The molecule has 0 atom stereocenters. The van der Waals surface area contributed by atoms with Crippen LogP contribution in [0.25, 0.3) is 27.7 Å². The van der Waals surface area contributed by atoms with E-state index >= 15 is 0 Å². The summed E-state index contributed by atoms with van der Waals surface area (Å²) in [4.78, 5) is 4.45. The zero-order valence-electron chi connectivity index (χ0n) is 18.2. The quantitative estimate of drug-likeness (QED) is 0.378. The van der Waals surface area contributed by atoms with Crippen LogP contribution in [0.3, 0.4) is 0 Å². The second-order valence-corrected chi connectivity index (χ2v) is 7.98. The molecule has 0 unspecified atom stereocenters. The van der Waals surface area contributed by atoms with E-state index < -0.39 is 18.8 Å². The number of hydrogen-bond donors (Lipinski definition) is 2. The summed E-state index contributed by atoms with van der Waals surface area (Å²) in [5.41, 5.74) is 1.57. The number of fused-ring (bicyclic) bond motifs is 2. The van der Waals surface area contributed by atoms with Crippen molar-refractivity contribution in [3.05, 3.63) is 30.2 Å². The van der Waals surface area contributed by atoms with Crippen LogP contribution in [0.4, 0.5) is 19.1 Å². The van der Waals surface area contributed by atoms with E-state index in [-0.39, 0.29) is 35.7 Å². The Hall–Kier alpha value is -3.45. The number of aliphatic hydroxyl groups excluding tert-OH is 1. The highest BCUT2D eigenvalue weighted by molar-refractivity contribution is 5.89. The van der Waals surface area contributed by atoms with Gasteiger partial charge in [0.2, 0.25) is 11.8 Å². The number of aromatic nitrogens is 6. The maximum atomic E-state index is 14.7. The van der Waals surface area contributed by atoms with Gasteiger partial charge in [0.1, 0.15) is 17.6 Å². The van der Waals surface area contributed by atoms with Crippen LogP contribution in [0.1, 0.15) is 12.8 Å². The fourth-order valence-corrected chi connectivity index (χ4v) is 4.10. The van der Waals surface area contributed by atoms with Crippen LogP contribution in [0.15, 0.2) is 24.4 Å². The maximum Gasteiger partial charge on any atom is 0.258 e. The first-order valence-electron chi connectivity index (χ1n) is 10.7. The first kappa shape index (κ1) is 22.3. The van der Waals surface area contributed by atoms with Gasteiger partial charge in [-0.2, -0.15) is 4.98 Å². The average molecular weight is 477 g/mol. The molecule has 13 heteroatoms. The van der Waals surface area contributed by atoms with Crippen molar-refractivity contribution in [1.29, 1.82) is 0 Å². The van der Waals surface area contributed by atoms with Crippen molar-refractivity contribution in [1.82, 2.24) is 29.6 Å². The molecular formula is C21H22F3N7O3. The molecule has 2 N–H and O–H groups in total. The number of ether oxygens (including phenoxy) is 2. The number of halogens is 3. The van der Waals surface area contributed by atoms with Gasteiger partial charge in [-0.15, -0.1) is 10.2 Å². The predicted molar refractivity (Wildman–Crippen MR) is 115 cm³/mol. The normalized spacial score (nSPS) is 18.1. The van der Waals surface area contributed by atoms with Gasteiger partial charge in [-0.25, -0.2) is 22.4 Å². The lowest BCUT2D eigenvalue weighted by Gasteiger charge is -2.35. The zero-order chi connectivity index (χ0) is 23.8. The van der Waals surface area contributed by atoms with Crippen molar-refractivity contribution >= 4 is 22.5 Å². The minimum Gasteiger partial charge on any atom is -0.479 e. The highest BCUT2D eigenvalue weighted by Crippen LogP contribution is 2.34. The van der Waals surface area contributed by atoms with E-state index in [0.29, 0.717) is 29.2 Å². The number of nitrogens with one attached hydrogen (secondary N) is 1. The van der Waals surface area contributed by atoms with Crippen LogP contribution in [-0.2, 0) is 11.3 Å². The van der Waals surface area contributed by atoms with Crippen molar-refractivity contribution in [3.8, 4) is 17.0 Å². The van der Waals surface area contributed by atoms with Crippen molar-refractivity contribution in [2.75, 3.05) is 25.6 Å². The molecule has 0 radical (unpaired) electrons. The second kappa shape index (κ2) is 9.06. The van der Waals surface area contributed by atoms with Crippen molar-refractivity contribution in [2.45, 2.75) is 38.0 Å². The van der Waals surface area contributed by atoms with Gasteiger partial charge in [-0.05, 0) is 36.6 Å². The Labute approximate surface area is 191 Å². The Morgan fingerprint density at radius 3 is 2.85 bits per heavy atom. The lowest BCUT2D eigenvalue weighted by Crippen LogP contribution is -2.41. The Morgan fingerprint density at radius 2 is 2.12 bits per heavy atom. The van der Waals surface area contributed by atoms with Gasteiger partial charge in [0.25, 0.3) is 6.43 Å². The summed E-state index contributed by atoms with van der Waals surface area (Å²) in [5.74, 6) is -0.0453. The molecule has 3 aromatic heterocycles. The molecule has 0 aliphatic heterocycles. The SMILES string of the molecule is COc1nc(NC2CC(OCCO)C2)nn2ccc(-c3cc(F)c4nnn(CC(F)F)c4c3)c12. The topological polar surface area (TPSA) is 112 Å². The highest BCUT2D eigenvalue weighted by atomic mass is 19.3. The third-order valence-electron chi connectivity index (χ3n) is 5.74. The summed E-state index contributed by atoms with van der Waals surface area (Å²) in [6.07, 6.45) is 0.649. The molecule has 0 amide bonds. The molecule has 5 rings (SSSR count). The zero-order valence-corrected chi connectivity index (χ0v) is 18.2. The van der Waals surface area contributed by atoms with Crippen LogP contribution < -0.4 is 10.1 Å². The fraction of sp³-hybridized carbons (Fsp3) is 0.429. The summed E-state index contributed by atoms with van der Waals surface area (Å²) in [5, 5.41) is 23.9. The Kier molecular flexibility index (Phi) is 5.96. The molecule has 1 aliphatic carbocycles. The lowest BCUT2D eigenvalue weighted by atomic mass is 9.89. The monoisotopic (exact) mass is 477 g/mol. The van der Waals surface area contributed by atoms with E-state index in [1.165, 1.54) is 13.2 Å². The summed E-state index contributed by atoms with van der Waals surface area (Å²) >= 11 is 0. The van der Waals surface area contributed by atoms with Gasteiger partial charge < -0.3 is 19.9 Å². The third-order valence-corrected chi connectivity index (χ3v) is 5.74. The molecule has 0 saturated heterocycles. The molecule has 1 aliphatic rings. The van der Waals surface area contributed by atoms with E-state index in [4.69, 9.17) is 14.6 Å². The highest BCUT2D eigenvalue weighted by Gasteiger charge is 2.30. The summed E-state index contributed by atoms with van der Waals surface area (Å²) in [6.45, 7) is -0.390. The van der Waals surface area contributed by atoms with Crippen molar-refractivity contribution < 1.29 is 27.8 Å². The molecule has 1 fully saturated rings. The summed E-state index contributed by atoms with van der Waals surface area (Å²) in [6, 6.07) is 4.68. The van der Waals surface area contributed by atoms with Gasteiger partial charge >= 0.3 is 0 Å². The van der Waals surface area contributed by atoms with Gasteiger partial charge in [0.15, 0.2) is 5.82 Å². The Balaban J connectivity index is 1.46. The standard InChI is InChI=1S/C21H22F3N7O3/c1-33-20-19-14(11-6-15(22)18-16(7-11)31(29-27-18)10-17(23)24)2-3-30(19)28-21(26-20)25-12-8-13(9-12)34-5-4-32/h2-3,6-7,12-13,17,32H,4-5,8-10H2,1H3,(H,25,28). The molecule has 4 aromatic rings. The molecule has 1 saturated carbocycles. The average Bonchev–Trinajstić information content (AvgIpc) is 3.39. The Morgan fingerprint density at radius 1 is 1.29 bits per heavy atom. The Bertz CT molecular complexity index is 1320. The molecule has 10 nitrogen and oxygen atoms in total. The smallest absolute Gasteiger partial charge is 0.258 e. The van der Waals surface area contributed by atoms with E-state index in [0.717, 1.165) is 17.5 Å². The largest absolute Gasteiger partial charge is 0.479 e. The minimum atomic E-state index is -2.65. The number of benzene rings is 1. The molecular weight excluding hydrogens is 455 g/mol. The summed E-state index contributed by atoms with van der Waals surface area (Å²) < 4.78 is 54.0. The maximum absolute atomic E-state index is 14.7. The second-order valence-electron chi connectivity index (χ2n) is 7.98. The molecule has 0 bridgehead atoms. The first-order valence-corrected chi connectivity index (χ1v) is 10.7. The van der Waals surface area contributed by atoms with E-state index in [2.05, 4.69) is 25.7 Å². The molecule has 0 spiro atoms. The van der Waals surface area contributed by atoms with Crippen LogP contribution in [0.5, 0.6) is 5.88 Å². The van der Waals surface area contributed by atoms with Crippen molar-refractivity contribution in [3.63, 3.8) is 0 Å². The van der Waals surface area contributed by atoms with E-state index in [1.807, 2.05) is 0 Å². The minimum absolute atomic E-state index is 0.0105. The van der Waals surface area contributed by atoms with Gasteiger partial charge in [0.05, 0.1) is 31.9 Å². The summed E-state index contributed by atoms with van der Waals surface area (Å²) in [7, 11) is 1.47. The van der Waals surface area contributed by atoms with Crippen LogP contribution >= 0.6 is 0 Å². The van der Waals surface area contributed by atoms with E-state index in [9.17, 15) is 13.2 Å². The number of hydrogen-bond acceptors (Lipinski definition) is 8. The van der Waals surface area contributed by atoms with E-state index in [1.54, 1.807) is 22.8 Å². The number of nitrogens with zero attached hydrogens (tertiary/aromatic N) is 6. The van der Waals surface area contributed by atoms with Gasteiger partial charge in [-0.3, -0.25) is 0 Å². The lowest BCUT2D eigenvalue weighted by molar-refractivity contribution is -0.0196. The van der Waals surface area contributed by atoms with Crippen LogP contribution in [-0.4, -0.2) is 73.6 Å². The number of alkyl halides is 2. The predicted octanol–water partition coefficient (Wildman–Crippen LogP) is 2.51. The molecule has 1 aromatic carbocycles. The molecule has 180 valence electrons. The van der Waals surface area contributed by atoms with Gasteiger partial charge in [0, 0.05) is 17.8 Å². The van der Waals surface area contributed by atoms with Crippen LogP contribution in [0, 0.1) is 5.82 Å². The molecule has 34 heavy (non-hydrogen) atoms. The van der Waals surface area contributed by atoms with Crippen LogP contribution in [0.2, 0.25) is 0 Å². The first-order chi connectivity index (χ1) is 16.5. The third kappa shape index (κ3) is 4.12. The van der Waals surface area contributed by atoms with Gasteiger partial charge in [-0.1, -0.05) is 5.21 Å². The number of methoxy groups -OCH3 is 1. The number of rotatable bonds is 9. The van der Waals surface area contributed by atoms with Crippen molar-refractivity contribution in [2.24, 2.45) is 0 Å². The molecule has 3 heterocycles.